The number of carbonyl (C=O) groups excluding carboxylic acids is 1. The second-order valence-corrected chi connectivity index (χ2v) is 5.22. The van der Waals surface area contributed by atoms with Crippen molar-refractivity contribution in [3.63, 3.8) is 0 Å². The average Bonchev–Trinajstić information content (AvgIpc) is 2.78. The maximum absolute atomic E-state index is 12.1. The van der Waals surface area contributed by atoms with E-state index in [9.17, 15) is 9.59 Å². The molecule has 1 amide bonds. The van der Waals surface area contributed by atoms with Crippen LogP contribution in [0.3, 0.4) is 0 Å². The molecule has 0 bridgehead atoms. The molecule has 0 radical (unpaired) electrons. The van der Waals surface area contributed by atoms with Crippen LogP contribution in [0.2, 0.25) is 0 Å². The van der Waals surface area contributed by atoms with E-state index in [1.165, 1.54) is 22.9 Å². The first-order valence-electron chi connectivity index (χ1n) is 6.77. The zero-order valence-electron chi connectivity index (χ0n) is 12.6. The van der Waals surface area contributed by atoms with Crippen LogP contribution >= 0.6 is 0 Å². The van der Waals surface area contributed by atoms with Gasteiger partial charge < -0.3 is 14.4 Å². The molecule has 0 saturated heterocycles. The van der Waals surface area contributed by atoms with Crippen LogP contribution in [-0.4, -0.2) is 22.2 Å². The third kappa shape index (κ3) is 3.21. The summed E-state index contributed by atoms with van der Waals surface area (Å²) in [6.45, 7) is 6.23. The maximum atomic E-state index is 12.1. The fraction of sp³-hybridized carbons (Fsp3) is 0.400. The van der Waals surface area contributed by atoms with E-state index in [2.05, 4.69) is 10.5 Å². The van der Waals surface area contributed by atoms with E-state index >= 15 is 0 Å². The number of amides is 1. The summed E-state index contributed by atoms with van der Waals surface area (Å²) in [5.74, 6) is 0.674. The molecule has 2 heterocycles. The van der Waals surface area contributed by atoms with Gasteiger partial charge in [-0.3, -0.25) is 9.59 Å². The molecule has 1 atom stereocenters. The highest BCUT2D eigenvalue weighted by Gasteiger charge is 2.17. The first kappa shape index (κ1) is 15.0. The van der Waals surface area contributed by atoms with Gasteiger partial charge in [0.05, 0.1) is 11.3 Å². The Balaban J connectivity index is 2.04. The summed E-state index contributed by atoms with van der Waals surface area (Å²) in [5.41, 5.74) is 2.19. The number of aryl methyl sites for hydroxylation is 3. The largest absolute Gasteiger partial charge is 0.361 e. The summed E-state index contributed by atoms with van der Waals surface area (Å²) in [4.78, 5) is 23.4. The molecule has 1 N–H and O–H groups in total. The van der Waals surface area contributed by atoms with Gasteiger partial charge in [0, 0.05) is 37.3 Å². The lowest BCUT2D eigenvalue weighted by Gasteiger charge is -2.12. The number of hydrogen-bond acceptors (Lipinski definition) is 4. The van der Waals surface area contributed by atoms with Crippen LogP contribution in [0, 0.1) is 13.8 Å². The minimum absolute atomic E-state index is 0.104. The summed E-state index contributed by atoms with van der Waals surface area (Å²) >= 11 is 0. The fourth-order valence-corrected chi connectivity index (χ4v) is 2.37. The second kappa shape index (κ2) is 5.95. The van der Waals surface area contributed by atoms with Crippen molar-refractivity contribution in [3.05, 3.63) is 51.3 Å². The van der Waals surface area contributed by atoms with Gasteiger partial charge in [-0.2, -0.15) is 0 Å². The van der Waals surface area contributed by atoms with Gasteiger partial charge in [-0.05, 0) is 19.9 Å². The number of aromatic nitrogens is 2. The SMILES string of the molecule is Cc1noc(C)c1C(C)CNC(=O)c1ccc(=O)n(C)c1. The van der Waals surface area contributed by atoms with Crippen LogP contribution in [0.1, 0.15) is 40.2 Å². The standard InChI is InChI=1S/C15H19N3O3/c1-9(14-10(2)17-21-11(14)3)7-16-15(20)12-5-6-13(19)18(4)8-12/h5-6,8-9H,7H2,1-4H3,(H,16,20). The molecule has 0 saturated carbocycles. The lowest BCUT2D eigenvalue weighted by Crippen LogP contribution is -2.29. The van der Waals surface area contributed by atoms with E-state index in [4.69, 9.17) is 4.52 Å². The van der Waals surface area contributed by atoms with E-state index < -0.39 is 0 Å². The molecule has 0 fully saturated rings. The minimum atomic E-state index is -0.204. The van der Waals surface area contributed by atoms with Gasteiger partial charge in [0.1, 0.15) is 5.76 Å². The number of pyridine rings is 1. The Morgan fingerprint density at radius 3 is 2.71 bits per heavy atom. The molecular weight excluding hydrogens is 270 g/mol. The van der Waals surface area contributed by atoms with Crippen molar-refractivity contribution in [3.8, 4) is 0 Å². The molecule has 0 spiro atoms. The fourth-order valence-electron chi connectivity index (χ4n) is 2.37. The first-order valence-corrected chi connectivity index (χ1v) is 6.77. The predicted octanol–water partition coefficient (Wildman–Crippen LogP) is 1.52. The molecule has 21 heavy (non-hydrogen) atoms. The Morgan fingerprint density at radius 1 is 1.43 bits per heavy atom. The molecule has 6 heteroatoms. The molecule has 0 aliphatic carbocycles. The Kier molecular flexibility index (Phi) is 4.26. The molecule has 6 nitrogen and oxygen atoms in total. The van der Waals surface area contributed by atoms with Crippen molar-refractivity contribution >= 4 is 5.91 Å². The Hall–Kier alpha value is -2.37. The summed E-state index contributed by atoms with van der Waals surface area (Å²) in [6, 6.07) is 2.91. The van der Waals surface area contributed by atoms with Crippen LogP contribution in [0.25, 0.3) is 0 Å². The monoisotopic (exact) mass is 289 g/mol. The molecule has 0 aromatic carbocycles. The number of rotatable bonds is 4. The third-order valence-electron chi connectivity index (χ3n) is 3.50. The zero-order valence-corrected chi connectivity index (χ0v) is 12.6. The van der Waals surface area contributed by atoms with E-state index in [0.29, 0.717) is 12.1 Å². The lowest BCUT2D eigenvalue weighted by molar-refractivity contribution is 0.0950. The quantitative estimate of drug-likeness (QED) is 0.926. The molecule has 2 rings (SSSR count). The van der Waals surface area contributed by atoms with Crippen LogP contribution in [0.5, 0.6) is 0 Å². The van der Waals surface area contributed by atoms with Gasteiger partial charge in [-0.15, -0.1) is 0 Å². The summed E-state index contributed by atoms with van der Waals surface area (Å²) in [7, 11) is 1.62. The highest BCUT2D eigenvalue weighted by atomic mass is 16.5. The van der Waals surface area contributed by atoms with Crippen LogP contribution < -0.4 is 10.9 Å². The van der Waals surface area contributed by atoms with E-state index in [1.54, 1.807) is 7.05 Å². The Labute approximate surface area is 122 Å². The van der Waals surface area contributed by atoms with E-state index in [-0.39, 0.29) is 17.4 Å². The van der Waals surface area contributed by atoms with Gasteiger partial charge in [-0.1, -0.05) is 12.1 Å². The van der Waals surface area contributed by atoms with E-state index in [0.717, 1.165) is 17.0 Å². The summed E-state index contributed by atoms with van der Waals surface area (Å²) in [5, 5.41) is 6.78. The zero-order chi connectivity index (χ0) is 15.6. The molecular formula is C15H19N3O3. The summed E-state index contributed by atoms with van der Waals surface area (Å²) in [6.07, 6.45) is 1.53. The molecule has 0 aliphatic heterocycles. The van der Waals surface area contributed by atoms with Crippen LogP contribution in [0.4, 0.5) is 0 Å². The molecule has 0 aliphatic rings. The Bertz CT molecular complexity index is 696. The lowest BCUT2D eigenvalue weighted by atomic mass is 9.99. The van der Waals surface area contributed by atoms with Gasteiger partial charge in [0.2, 0.25) is 5.56 Å². The molecule has 112 valence electrons. The van der Waals surface area contributed by atoms with Crippen LogP contribution in [-0.2, 0) is 7.05 Å². The minimum Gasteiger partial charge on any atom is -0.361 e. The van der Waals surface area contributed by atoms with Crippen LogP contribution in [0.15, 0.2) is 27.6 Å². The number of nitrogens with one attached hydrogen (secondary N) is 1. The number of nitrogens with zero attached hydrogens (tertiary/aromatic N) is 2. The maximum Gasteiger partial charge on any atom is 0.252 e. The van der Waals surface area contributed by atoms with Crippen molar-refractivity contribution < 1.29 is 9.32 Å². The predicted molar refractivity (Wildman–Crippen MR) is 78.4 cm³/mol. The van der Waals surface area contributed by atoms with Crippen molar-refractivity contribution in [2.75, 3.05) is 6.54 Å². The van der Waals surface area contributed by atoms with Crippen molar-refractivity contribution in [2.24, 2.45) is 7.05 Å². The van der Waals surface area contributed by atoms with Crippen molar-refractivity contribution in [2.45, 2.75) is 26.7 Å². The Morgan fingerprint density at radius 2 is 2.14 bits per heavy atom. The molecule has 2 aromatic heterocycles. The first-order chi connectivity index (χ1) is 9.90. The average molecular weight is 289 g/mol. The van der Waals surface area contributed by atoms with Crippen molar-refractivity contribution in [1.82, 2.24) is 15.0 Å². The normalized spacial score (nSPS) is 12.2. The third-order valence-corrected chi connectivity index (χ3v) is 3.50. The summed E-state index contributed by atoms with van der Waals surface area (Å²) < 4.78 is 6.52. The highest BCUT2D eigenvalue weighted by molar-refractivity contribution is 5.93. The highest BCUT2D eigenvalue weighted by Crippen LogP contribution is 2.22. The van der Waals surface area contributed by atoms with Crippen molar-refractivity contribution in [1.29, 1.82) is 0 Å². The topological polar surface area (TPSA) is 77.1 Å². The van der Waals surface area contributed by atoms with Gasteiger partial charge in [0.15, 0.2) is 0 Å². The van der Waals surface area contributed by atoms with E-state index in [1.807, 2.05) is 20.8 Å². The second-order valence-electron chi connectivity index (χ2n) is 5.22. The smallest absolute Gasteiger partial charge is 0.252 e. The van der Waals surface area contributed by atoms with Gasteiger partial charge in [0.25, 0.3) is 5.91 Å². The number of hydrogen-bond donors (Lipinski definition) is 1. The van der Waals surface area contributed by atoms with Gasteiger partial charge in [-0.25, -0.2) is 0 Å². The van der Waals surface area contributed by atoms with Gasteiger partial charge >= 0.3 is 0 Å². The molecule has 1 unspecified atom stereocenters. The molecule has 2 aromatic rings. The number of carbonyl (C=O) groups is 1.